The summed E-state index contributed by atoms with van der Waals surface area (Å²) in [6.07, 6.45) is 0. The van der Waals surface area contributed by atoms with E-state index >= 15 is 0 Å². The predicted octanol–water partition coefficient (Wildman–Crippen LogP) is 2.92. The quantitative estimate of drug-likeness (QED) is 0.798. The Balaban J connectivity index is 2.14. The minimum absolute atomic E-state index is 0.234. The predicted molar refractivity (Wildman–Crippen MR) is 85.7 cm³/mol. The smallest absolute Gasteiger partial charge is 0.275 e. The summed E-state index contributed by atoms with van der Waals surface area (Å²) in [5, 5.41) is 0. The average Bonchev–Trinajstić information content (AvgIpc) is 2.52. The number of aryl methyl sites for hydroxylation is 1. The van der Waals surface area contributed by atoms with E-state index in [-0.39, 0.29) is 12.5 Å². The fourth-order valence-electron chi connectivity index (χ4n) is 1.92. The highest BCUT2D eigenvalue weighted by Crippen LogP contribution is 2.05. The third-order valence-electron chi connectivity index (χ3n) is 3.17. The molecule has 110 valence electrons. The molecule has 2 amide bonds. The molecular weight excluding hydrogens is 274 g/mol. The molecule has 0 fully saturated rings. The van der Waals surface area contributed by atoms with E-state index in [1.165, 1.54) is 6.92 Å². The molecule has 0 aliphatic carbocycles. The molecule has 22 heavy (non-hydrogen) atoms. The highest BCUT2D eigenvalue weighted by atomic mass is 16.2. The number of hydrogen-bond acceptors (Lipinski definition) is 2. The first-order valence-corrected chi connectivity index (χ1v) is 7.01. The van der Waals surface area contributed by atoms with Gasteiger partial charge in [0.05, 0.1) is 6.54 Å². The van der Waals surface area contributed by atoms with Crippen molar-refractivity contribution >= 4 is 11.8 Å². The summed E-state index contributed by atoms with van der Waals surface area (Å²) >= 11 is 0. The second-order valence-corrected chi connectivity index (χ2v) is 5.01. The lowest BCUT2D eigenvalue weighted by atomic mass is 10.1. The first-order valence-electron chi connectivity index (χ1n) is 7.01. The lowest BCUT2D eigenvalue weighted by molar-refractivity contribution is -0.140. The van der Waals surface area contributed by atoms with Gasteiger partial charge in [0.2, 0.25) is 5.91 Å². The van der Waals surface area contributed by atoms with Gasteiger partial charge in [-0.05, 0) is 24.6 Å². The molecular formula is C19H17NO2. The number of carbonyl (C=O) groups is 2. The van der Waals surface area contributed by atoms with Crippen molar-refractivity contribution < 1.29 is 9.59 Å². The Morgan fingerprint density at radius 3 is 2.23 bits per heavy atom. The van der Waals surface area contributed by atoms with E-state index in [0.29, 0.717) is 0 Å². The minimum Gasteiger partial charge on any atom is -0.275 e. The van der Waals surface area contributed by atoms with Crippen LogP contribution in [-0.4, -0.2) is 16.7 Å². The molecule has 0 heterocycles. The van der Waals surface area contributed by atoms with Gasteiger partial charge >= 0.3 is 5.91 Å². The van der Waals surface area contributed by atoms with E-state index in [1.807, 2.05) is 61.5 Å². The average molecular weight is 291 g/mol. The maximum absolute atomic E-state index is 12.2. The van der Waals surface area contributed by atoms with Gasteiger partial charge in [-0.2, -0.15) is 0 Å². The molecule has 0 radical (unpaired) electrons. The van der Waals surface area contributed by atoms with Crippen molar-refractivity contribution in [2.45, 2.75) is 20.4 Å². The Bertz CT molecular complexity index is 722. The van der Waals surface area contributed by atoms with Gasteiger partial charge in [0.1, 0.15) is 0 Å². The molecule has 0 atom stereocenters. The normalized spacial score (nSPS) is 9.55. The molecule has 2 rings (SSSR count). The highest BCUT2D eigenvalue weighted by molar-refractivity contribution is 6.04. The summed E-state index contributed by atoms with van der Waals surface area (Å²) in [7, 11) is 0. The largest absolute Gasteiger partial charge is 0.305 e. The fourth-order valence-corrected chi connectivity index (χ4v) is 1.92. The van der Waals surface area contributed by atoms with Crippen molar-refractivity contribution in [1.29, 1.82) is 0 Å². The molecule has 0 unspecified atom stereocenters. The molecule has 0 spiro atoms. The van der Waals surface area contributed by atoms with Crippen molar-refractivity contribution in [2.24, 2.45) is 0 Å². The van der Waals surface area contributed by atoms with Gasteiger partial charge in [0.25, 0.3) is 0 Å². The van der Waals surface area contributed by atoms with Gasteiger partial charge in [-0.3, -0.25) is 14.5 Å². The molecule has 0 aliphatic rings. The van der Waals surface area contributed by atoms with Gasteiger partial charge < -0.3 is 0 Å². The van der Waals surface area contributed by atoms with Crippen LogP contribution in [0.15, 0.2) is 54.6 Å². The maximum atomic E-state index is 12.2. The fraction of sp³-hybridized carbons (Fsp3) is 0.158. The summed E-state index contributed by atoms with van der Waals surface area (Å²) in [5.74, 6) is 4.53. The first kappa shape index (κ1) is 15.5. The number of hydrogen-bond donors (Lipinski definition) is 0. The van der Waals surface area contributed by atoms with Crippen LogP contribution in [0, 0.1) is 18.8 Å². The lowest BCUT2D eigenvalue weighted by Gasteiger charge is -2.16. The van der Waals surface area contributed by atoms with Gasteiger partial charge in [-0.25, -0.2) is 0 Å². The van der Waals surface area contributed by atoms with E-state index < -0.39 is 5.91 Å². The van der Waals surface area contributed by atoms with Crippen LogP contribution in [0.4, 0.5) is 0 Å². The molecule has 0 aliphatic heterocycles. The Labute approximate surface area is 130 Å². The molecule has 0 saturated heterocycles. The molecule has 0 aromatic heterocycles. The Morgan fingerprint density at radius 2 is 1.64 bits per heavy atom. The van der Waals surface area contributed by atoms with Gasteiger partial charge in [0.15, 0.2) is 0 Å². The first-order chi connectivity index (χ1) is 10.6. The monoisotopic (exact) mass is 291 g/mol. The zero-order valence-electron chi connectivity index (χ0n) is 12.7. The number of rotatable bonds is 2. The van der Waals surface area contributed by atoms with Crippen LogP contribution in [0.2, 0.25) is 0 Å². The van der Waals surface area contributed by atoms with Crippen LogP contribution in [0.25, 0.3) is 0 Å². The van der Waals surface area contributed by atoms with Crippen molar-refractivity contribution in [3.63, 3.8) is 0 Å². The Kier molecular flexibility index (Phi) is 5.11. The SMILES string of the molecule is CC(=O)N(Cc1ccccc1)C(=O)C#Cc1ccc(C)cc1. The van der Waals surface area contributed by atoms with Crippen LogP contribution in [0.3, 0.4) is 0 Å². The summed E-state index contributed by atoms with van der Waals surface area (Å²) in [6, 6.07) is 16.9. The molecule has 0 saturated carbocycles. The molecule has 3 heteroatoms. The van der Waals surface area contributed by atoms with Crippen molar-refractivity contribution in [3.05, 3.63) is 71.3 Å². The summed E-state index contributed by atoms with van der Waals surface area (Å²) < 4.78 is 0. The Morgan fingerprint density at radius 1 is 1.00 bits per heavy atom. The molecule has 3 nitrogen and oxygen atoms in total. The second kappa shape index (κ2) is 7.24. The number of carbonyl (C=O) groups excluding carboxylic acids is 2. The molecule has 0 N–H and O–H groups in total. The van der Waals surface area contributed by atoms with Crippen LogP contribution in [0.1, 0.15) is 23.6 Å². The van der Waals surface area contributed by atoms with E-state index in [0.717, 1.165) is 21.6 Å². The van der Waals surface area contributed by atoms with Crippen LogP contribution < -0.4 is 0 Å². The standard InChI is InChI=1S/C19H17NO2/c1-15-8-10-17(11-9-15)12-13-19(22)20(16(2)21)14-18-6-4-3-5-7-18/h3-11H,14H2,1-2H3. The summed E-state index contributed by atoms with van der Waals surface area (Å²) in [6.45, 7) is 3.59. The Hall–Kier alpha value is -2.86. The van der Waals surface area contributed by atoms with E-state index in [2.05, 4.69) is 11.8 Å². The van der Waals surface area contributed by atoms with Gasteiger partial charge in [0, 0.05) is 18.4 Å². The molecule has 2 aromatic carbocycles. The highest BCUT2D eigenvalue weighted by Gasteiger charge is 2.16. The number of amides is 2. The summed E-state index contributed by atoms with van der Waals surface area (Å²) in [5.41, 5.74) is 2.77. The maximum Gasteiger partial charge on any atom is 0.305 e. The molecule has 0 bridgehead atoms. The summed E-state index contributed by atoms with van der Waals surface area (Å²) in [4.78, 5) is 25.0. The van der Waals surface area contributed by atoms with Crippen LogP contribution in [0.5, 0.6) is 0 Å². The van der Waals surface area contributed by atoms with Crippen LogP contribution >= 0.6 is 0 Å². The lowest BCUT2D eigenvalue weighted by Crippen LogP contribution is -2.33. The van der Waals surface area contributed by atoms with Crippen molar-refractivity contribution in [3.8, 4) is 11.8 Å². The number of imide groups is 1. The van der Waals surface area contributed by atoms with E-state index in [1.54, 1.807) is 0 Å². The van der Waals surface area contributed by atoms with Crippen LogP contribution in [-0.2, 0) is 16.1 Å². The number of nitrogens with zero attached hydrogens (tertiary/aromatic N) is 1. The van der Waals surface area contributed by atoms with Crippen molar-refractivity contribution in [1.82, 2.24) is 4.90 Å². The van der Waals surface area contributed by atoms with E-state index in [4.69, 9.17) is 0 Å². The topological polar surface area (TPSA) is 37.4 Å². The third-order valence-corrected chi connectivity index (χ3v) is 3.17. The second-order valence-electron chi connectivity index (χ2n) is 5.01. The van der Waals surface area contributed by atoms with Gasteiger partial charge in [-0.15, -0.1) is 0 Å². The number of benzene rings is 2. The third kappa shape index (κ3) is 4.32. The minimum atomic E-state index is -0.489. The van der Waals surface area contributed by atoms with E-state index in [9.17, 15) is 9.59 Å². The van der Waals surface area contributed by atoms with Gasteiger partial charge in [-0.1, -0.05) is 53.9 Å². The van der Waals surface area contributed by atoms with Crippen molar-refractivity contribution in [2.75, 3.05) is 0 Å². The zero-order valence-corrected chi connectivity index (χ0v) is 12.7. The zero-order chi connectivity index (χ0) is 15.9. The molecule has 2 aromatic rings.